The highest BCUT2D eigenvalue weighted by Crippen LogP contribution is 2.42. The number of aliphatic carboxylic acids is 1. The quantitative estimate of drug-likeness (QED) is 0.264. The standard InChI is InChI=1S/C32H41N5O6/c1-21(2)18-26(28(40)33-22(3)19-27(38)39)37-29(41)32(16-8-5-9-17-32)36(31(37)43)20-23-12-14-25(15-13-23)35-30(42)34-24-10-6-4-7-11-24/h4,6-7,10-15,21-22,26H,5,8-9,16-20H2,1-3H3,(H,33,40)(H,38,39)(H2,34,35,42)/t22-,26+/m1/s1. The van der Waals surface area contributed by atoms with Crippen molar-refractivity contribution in [2.45, 2.75) is 89.9 Å². The van der Waals surface area contributed by atoms with Crippen LogP contribution in [0, 0.1) is 5.92 Å². The summed E-state index contributed by atoms with van der Waals surface area (Å²) in [5, 5.41) is 17.4. The monoisotopic (exact) mass is 591 g/mol. The molecule has 4 N–H and O–H groups in total. The average molecular weight is 592 g/mol. The van der Waals surface area contributed by atoms with Crippen molar-refractivity contribution in [2.24, 2.45) is 5.92 Å². The third-order valence-electron chi connectivity index (χ3n) is 8.01. The molecule has 2 aromatic rings. The highest BCUT2D eigenvalue weighted by Gasteiger charge is 2.59. The van der Waals surface area contributed by atoms with Crippen molar-refractivity contribution in [1.29, 1.82) is 0 Å². The Kier molecular flexibility index (Phi) is 10.1. The van der Waals surface area contributed by atoms with Crippen molar-refractivity contribution in [1.82, 2.24) is 15.1 Å². The highest BCUT2D eigenvalue weighted by atomic mass is 16.4. The van der Waals surface area contributed by atoms with Crippen LogP contribution < -0.4 is 16.0 Å². The van der Waals surface area contributed by atoms with Gasteiger partial charge >= 0.3 is 18.0 Å². The predicted molar refractivity (Wildman–Crippen MR) is 162 cm³/mol. The first-order chi connectivity index (χ1) is 20.5. The number of hydrogen-bond donors (Lipinski definition) is 4. The number of benzene rings is 2. The van der Waals surface area contributed by atoms with Crippen LogP contribution in [0.1, 0.15) is 71.3 Å². The molecule has 0 bridgehead atoms. The zero-order chi connectivity index (χ0) is 31.1. The number of para-hydroxylation sites is 1. The summed E-state index contributed by atoms with van der Waals surface area (Å²) in [4.78, 5) is 67.9. The normalized spacial score (nSPS) is 17.6. The van der Waals surface area contributed by atoms with Crippen LogP contribution in [0.5, 0.6) is 0 Å². The smallest absolute Gasteiger partial charge is 0.328 e. The van der Waals surface area contributed by atoms with Crippen molar-refractivity contribution in [3.63, 3.8) is 0 Å². The maximum Gasteiger partial charge on any atom is 0.328 e. The molecule has 0 aromatic heterocycles. The third kappa shape index (κ3) is 7.52. The molecule has 11 heteroatoms. The molecule has 1 saturated carbocycles. The van der Waals surface area contributed by atoms with Crippen LogP contribution >= 0.6 is 0 Å². The van der Waals surface area contributed by atoms with Crippen LogP contribution in [0.25, 0.3) is 0 Å². The van der Waals surface area contributed by atoms with E-state index in [1.807, 2.05) is 32.0 Å². The van der Waals surface area contributed by atoms with Crippen molar-refractivity contribution < 1.29 is 29.1 Å². The Hall–Kier alpha value is -4.41. The summed E-state index contributed by atoms with van der Waals surface area (Å²) in [6.45, 7) is 5.58. The van der Waals surface area contributed by atoms with E-state index in [-0.39, 0.29) is 37.2 Å². The van der Waals surface area contributed by atoms with E-state index in [4.69, 9.17) is 5.11 Å². The van der Waals surface area contributed by atoms with E-state index in [9.17, 15) is 24.0 Å². The van der Waals surface area contributed by atoms with E-state index < -0.39 is 35.5 Å². The molecule has 1 spiro atoms. The number of carboxylic acid groups (broad SMARTS) is 1. The number of carbonyl (C=O) groups excluding carboxylic acids is 4. The Bertz CT molecular complexity index is 1320. The Morgan fingerprint density at radius 3 is 2.07 bits per heavy atom. The molecule has 1 aliphatic carbocycles. The molecule has 0 unspecified atom stereocenters. The topological polar surface area (TPSA) is 148 Å². The molecule has 2 aromatic carbocycles. The lowest BCUT2D eigenvalue weighted by Crippen LogP contribution is -2.54. The Labute approximate surface area is 252 Å². The molecule has 1 aliphatic heterocycles. The first-order valence-electron chi connectivity index (χ1n) is 14.9. The predicted octanol–water partition coefficient (Wildman–Crippen LogP) is 5.19. The minimum absolute atomic E-state index is 0.00150. The number of rotatable bonds is 11. The van der Waals surface area contributed by atoms with E-state index in [1.54, 1.807) is 48.2 Å². The Morgan fingerprint density at radius 1 is 0.884 bits per heavy atom. The average Bonchev–Trinajstić information content (AvgIpc) is 3.13. The first kappa shape index (κ1) is 31.5. The summed E-state index contributed by atoms with van der Waals surface area (Å²) in [7, 11) is 0. The molecule has 1 heterocycles. The van der Waals surface area contributed by atoms with Crippen molar-refractivity contribution in [3.05, 3.63) is 60.2 Å². The summed E-state index contributed by atoms with van der Waals surface area (Å²) < 4.78 is 0. The van der Waals surface area contributed by atoms with Crippen molar-refractivity contribution in [3.8, 4) is 0 Å². The lowest BCUT2D eigenvalue weighted by atomic mass is 9.80. The Balaban J connectivity index is 1.54. The number of imide groups is 1. The summed E-state index contributed by atoms with van der Waals surface area (Å²) >= 11 is 0. The highest BCUT2D eigenvalue weighted by molar-refractivity contribution is 6.10. The Morgan fingerprint density at radius 2 is 1.49 bits per heavy atom. The molecule has 2 fully saturated rings. The van der Waals surface area contributed by atoms with Crippen LogP contribution in [0.15, 0.2) is 54.6 Å². The van der Waals surface area contributed by atoms with E-state index in [0.717, 1.165) is 29.7 Å². The molecular weight excluding hydrogens is 550 g/mol. The molecule has 2 atom stereocenters. The van der Waals surface area contributed by atoms with Gasteiger partial charge in [0.15, 0.2) is 0 Å². The molecule has 11 nitrogen and oxygen atoms in total. The summed E-state index contributed by atoms with van der Waals surface area (Å²) in [6, 6.07) is 13.6. The number of nitrogens with one attached hydrogen (secondary N) is 3. The van der Waals surface area contributed by atoms with Crippen molar-refractivity contribution in [2.75, 3.05) is 10.6 Å². The van der Waals surface area contributed by atoms with E-state index in [0.29, 0.717) is 24.2 Å². The fraction of sp³-hybridized carbons (Fsp3) is 0.469. The van der Waals surface area contributed by atoms with Crippen molar-refractivity contribution >= 4 is 41.2 Å². The van der Waals surface area contributed by atoms with Gasteiger partial charge in [-0.15, -0.1) is 0 Å². The minimum Gasteiger partial charge on any atom is -0.481 e. The fourth-order valence-electron chi connectivity index (χ4n) is 5.97. The van der Waals surface area contributed by atoms with Gasteiger partial charge in [-0.05, 0) is 61.9 Å². The summed E-state index contributed by atoms with van der Waals surface area (Å²) in [6.07, 6.45) is 3.57. The molecule has 2 aliphatic rings. The zero-order valence-electron chi connectivity index (χ0n) is 25.0. The maximum atomic E-state index is 14.1. The molecule has 0 radical (unpaired) electrons. The number of nitrogens with zero attached hydrogens (tertiary/aromatic N) is 2. The van der Waals surface area contributed by atoms with Gasteiger partial charge in [0.05, 0.1) is 6.42 Å². The number of carboxylic acids is 1. The molecule has 43 heavy (non-hydrogen) atoms. The summed E-state index contributed by atoms with van der Waals surface area (Å²) in [5.41, 5.74) is 0.974. The molecule has 6 amide bonds. The van der Waals surface area contributed by atoms with Crippen LogP contribution in [0.4, 0.5) is 21.0 Å². The fourth-order valence-corrected chi connectivity index (χ4v) is 5.97. The minimum atomic E-state index is -1.05. The van der Waals surface area contributed by atoms with Gasteiger partial charge in [0.1, 0.15) is 11.6 Å². The van der Waals surface area contributed by atoms with E-state index >= 15 is 0 Å². The maximum absolute atomic E-state index is 14.1. The SMILES string of the molecule is CC(C)C[C@@H](C(=O)N[C@H](C)CC(=O)O)N1C(=O)N(Cc2ccc(NC(=O)Nc3ccccc3)cc2)C2(CCCCC2)C1=O. The number of amides is 6. The third-order valence-corrected chi connectivity index (χ3v) is 8.01. The first-order valence-corrected chi connectivity index (χ1v) is 14.9. The van der Waals surface area contributed by atoms with Gasteiger partial charge in [0, 0.05) is 24.0 Å². The summed E-state index contributed by atoms with van der Waals surface area (Å²) in [5.74, 6) is -1.94. The van der Waals surface area contributed by atoms with Crippen LogP contribution in [-0.2, 0) is 20.9 Å². The van der Waals surface area contributed by atoms with Gasteiger partial charge in [-0.25, -0.2) is 14.5 Å². The van der Waals surface area contributed by atoms with Gasteiger partial charge in [0.25, 0.3) is 5.91 Å². The van der Waals surface area contributed by atoms with Crippen LogP contribution in [-0.4, -0.2) is 62.4 Å². The number of carbonyl (C=O) groups is 5. The second-order valence-corrected chi connectivity index (χ2v) is 11.9. The number of urea groups is 2. The number of hydrogen-bond acceptors (Lipinski definition) is 5. The van der Waals surface area contributed by atoms with Gasteiger partial charge < -0.3 is 26.0 Å². The zero-order valence-corrected chi connectivity index (χ0v) is 25.0. The van der Waals surface area contributed by atoms with Crippen LogP contribution in [0.3, 0.4) is 0 Å². The lowest BCUT2D eigenvalue weighted by molar-refractivity contribution is -0.142. The van der Waals surface area contributed by atoms with E-state index in [2.05, 4.69) is 16.0 Å². The number of anilines is 2. The molecule has 230 valence electrons. The van der Waals surface area contributed by atoms with Gasteiger partial charge in [-0.2, -0.15) is 0 Å². The lowest BCUT2D eigenvalue weighted by Gasteiger charge is -2.38. The van der Waals surface area contributed by atoms with Gasteiger partial charge in [-0.1, -0.05) is 63.4 Å². The van der Waals surface area contributed by atoms with E-state index in [1.165, 1.54) is 0 Å². The molecule has 1 saturated heterocycles. The molecular formula is C32H41N5O6. The van der Waals surface area contributed by atoms with Crippen LogP contribution in [0.2, 0.25) is 0 Å². The van der Waals surface area contributed by atoms with Gasteiger partial charge in [0.2, 0.25) is 5.91 Å². The largest absolute Gasteiger partial charge is 0.481 e. The second-order valence-electron chi connectivity index (χ2n) is 11.9. The van der Waals surface area contributed by atoms with Gasteiger partial charge in [-0.3, -0.25) is 14.4 Å². The second kappa shape index (κ2) is 13.7. The molecule has 4 rings (SSSR count).